The van der Waals surface area contributed by atoms with Gasteiger partial charge in [-0.3, -0.25) is 4.79 Å². The zero-order valence-corrected chi connectivity index (χ0v) is 15.9. The number of benzene rings is 2. The first-order valence-electron chi connectivity index (χ1n) is 9.23. The van der Waals surface area contributed by atoms with Crippen LogP contribution in [0.15, 0.2) is 60.8 Å². The largest absolute Gasteiger partial charge is 0.497 e. The molecule has 0 saturated heterocycles. The van der Waals surface area contributed by atoms with Gasteiger partial charge in [0.1, 0.15) is 11.5 Å². The van der Waals surface area contributed by atoms with E-state index in [4.69, 9.17) is 14.6 Å². The van der Waals surface area contributed by atoms with Gasteiger partial charge >= 0.3 is 0 Å². The van der Waals surface area contributed by atoms with Crippen LogP contribution in [0.3, 0.4) is 0 Å². The number of rotatable bonds is 3. The number of hydrogen-bond donors (Lipinski definition) is 1. The maximum atomic E-state index is 12.0. The maximum Gasteiger partial charge on any atom is 0.265 e. The fourth-order valence-corrected chi connectivity index (χ4v) is 3.38. The Morgan fingerprint density at radius 1 is 1.07 bits per heavy atom. The third-order valence-electron chi connectivity index (χ3n) is 4.95. The molecule has 0 saturated carbocycles. The number of nitrogens with zero attached hydrogens (tertiary/aromatic N) is 3. The number of nitrogens with one attached hydrogen (secondary N) is 1. The summed E-state index contributed by atoms with van der Waals surface area (Å²) in [6.07, 6.45) is 1.25. The number of aromatic nitrogens is 3. The smallest absolute Gasteiger partial charge is 0.265 e. The van der Waals surface area contributed by atoms with E-state index in [-0.39, 0.29) is 5.91 Å². The lowest BCUT2D eigenvalue weighted by Crippen LogP contribution is -2.34. The lowest BCUT2D eigenvalue weighted by molar-refractivity contribution is -0.122. The van der Waals surface area contributed by atoms with E-state index < -0.39 is 6.10 Å². The van der Waals surface area contributed by atoms with Crippen LogP contribution in [0.25, 0.3) is 28.2 Å². The molecule has 1 atom stereocenters. The maximum absolute atomic E-state index is 12.0. The molecular weight excluding hydrogens is 368 g/mol. The van der Waals surface area contributed by atoms with Crippen LogP contribution in [0.2, 0.25) is 0 Å². The summed E-state index contributed by atoms with van der Waals surface area (Å²) in [4.78, 5) is 16.4. The van der Waals surface area contributed by atoms with Crippen molar-refractivity contribution in [3.8, 4) is 34.0 Å². The number of methoxy groups -OCH3 is 1. The Kier molecular flexibility index (Phi) is 3.94. The molecule has 5 rings (SSSR count). The molecule has 1 N–H and O–H groups in total. The van der Waals surface area contributed by atoms with Crippen LogP contribution in [0, 0.1) is 0 Å². The molecular formula is C22H18N4O3. The Bertz CT molecular complexity index is 1230. The van der Waals surface area contributed by atoms with Gasteiger partial charge in [0.05, 0.1) is 24.2 Å². The summed E-state index contributed by atoms with van der Waals surface area (Å²) >= 11 is 0. The summed E-state index contributed by atoms with van der Waals surface area (Å²) in [5.41, 5.74) is 4.95. The molecule has 7 nitrogen and oxygen atoms in total. The number of fused-ring (bicyclic) bond motifs is 2. The van der Waals surface area contributed by atoms with Gasteiger partial charge < -0.3 is 14.8 Å². The predicted octanol–water partition coefficient (Wildman–Crippen LogP) is 3.79. The molecule has 1 amide bonds. The third-order valence-corrected chi connectivity index (χ3v) is 4.95. The normalized spacial score (nSPS) is 15.5. The van der Waals surface area contributed by atoms with Crippen LogP contribution in [0.4, 0.5) is 5.69 Å². The second kappa shape index (κ2) is 6.63. The molecule has 2 aromatic carbocycles. The summed E-state index contributed by atoms with van der Waals surface area (Å²) in [7, 11) is 1.64. The Morgan fingerprint density at radius 3 is 2.66 bits per heavy atom. The average Bonchev–Trinajstić information content (AvgIpc) is 3.19. The molecule has 29 heavy (non-hydrogen) atoms. The van der Waals surface area contributed by atoms with Crippen LogP contribution in [0.1, 0.15) is 6.92 Å². The molecule has 0 radical (unpaired) electrons. The van der Waals surface area contributed by atoms with E-state index in [1.54, 1.807) is 24.7 Å². The first kappa shape index (κ1) is 17.2. The van der Waals surface area contributed by atoms with Crippen LogP contribution in [-0.2, 0) is 4.79 Å². The van der Waals surface area contributed by atoms with Gasteiger partial charge in [-0.2, -0.15) is 5.10 Å². The first-order valence-corrected chi connectivity index (χ1v) is 9.23. The fourth-order valence-electron chi connectivity index (χ4n) is 3.38. The molecule has 1 aliphatic heterocycles. The van der Waals surface area contributed by atoms with Gasteiger partial charge in [-0.15, -0.1) is 0 Å². The van der Waals surface area contributed by atoms with Crippen molar-refractivity contribution in [1.29, 1.82) is 0 Å². The third kappa shape index (κ3) is 2.97. The van der Waals surface area contributed by atoms with Crippen molar-refractivity contribution in [2.24, 2.45) is 0 Å². The Balaban J connectivity index is 1.58. The monoisotopic (exact) mass is 386 g/mol. The fraction of sp³-hybridized carbons (Fsp3) is 0.136. The first-order chi connectivity index (χ1) is 14.1. The minimum absolute atomic E-state index is 0.157. The average molecular weight is 386 g/mol. The highest BCUT2D eigenvalue weighted by Crippen LogP contribution is 2.34. The number of hydrogen-bond acceptors (Lipinski definition) is 5. The van der Waals surface area contributed by atoms with Gasteiger partial charge in [0.15, 0.2) is 11.8 Å². The minimum atomic E-state index is -0.501. The lowest BCUT2D eigenvalue weighted by Gasteiger charge is -2.23. The number of carbonyl (C=O) groups is 1. The summed E-state index contributed by atoms with van der Waals surface area (Å²) in [5, 5.41) is 7.64. The molecule has 2 aromatic heterocycles. The van der Waals surface area contributed by atoms with E-state index in [2.05, 4.69) is 10.3 Å². The topological polar surface area (TPSA) is 77.8 Å². The van der Waals surface area contributed by atoms with Gasteiger partial charge in [-0.05, 0) is 55.5 Å². The van der Waals surface area contributed by atoms with Crippen molar-refractivity contribution in [1.82, 2.24) is 14.6 Å². The molecule has 0 bridgehead atoms. The molecule has 144 valence electrons. The Labute approximate surface area is 166 Å². The molecule has 0 aliphatic carbocycles. The SMILES string of the molecule is COc1ccc(-c2cc3nccc(-c4ccc5c(c4)NC(=O)C(C)O5)n3n2)cc1. The minimum Gasteiger partial charge on any atom is -0.497 e. The van der Waals surface area contributed by atoms with E-state index in [1.165, 1.54) is 0 Å². The number of ether oxygens (including phenoxy) is 2. The van der Waals surface area contributed by atoms with Crippen molar-refractivity contribution in [3.63, 3.8) is 0 Å². The van der Waals surface area contributed by atoms with Crippen LogP contribution >= 0.6 is 0 Å². The Hall–Kier alpha value is -3.87. The van der Waals surface area contributed by atoms with Crippen LogP contribution in [0.5, 0.6) is 11.5 Å². The number of anilines is 1. The van der Waals surface area contributed by atoms with Crippen molar-refractivity contribution < 1.29 is 14.3 Å². The van der Waals surface area contributed by atoms with Crippen LogP contribution in [-0.4, -0.2) is 33.7 Å². The molecule has 4 aromatic rings. The molecule has 0 spiro atoms. The van der Waals surface area contributed by atoms with E-state index >= 15 is 0 Å². The van der Waals surface area contributed by atoms with Crippen molar-refractivity contribution >= 4 is 17.2 Å². The van der Waals surface area contributed by atoms with E-state index in [9.17, 15) is 4.79 Å². The van der Waals surface area contributed by atoms with Gasteiger partial charge in [-0.1, -0.05) is 0 Å². The van der Waals surface area contributed by atoms with Gasteiger partial charge in [-0.25, -0.2) is 9.50 Å². The highest BCUT2D eigenvalue weighted by Gasteiger charge is 2.24. The van der Waals surface area contributed by atoms with Gasteiger partial charge in [0.2, 0.25) is 0 Å². The second-order valence-corrected chi connectivity index (χ2v) is 6.82. The van der Waals surface area contributed by atoms with Crippen molar-refractivity contribution in [3.05, 3.63) is 60.8 Å². The standard InChI is InChI=1S/C22H18N4O3/c1-13-22(27)24-18-11-15(5-8-20(18)29-13)19-9-10-23-21-12-17(25-26(19)21)14-3-6-16(28-2)7-4-14/h3-13H,1-2H3,(H,24,27). The number of carbonyl (C=O) groups excluding carboxylic acids is 1. The molecule has 7 heteroatoms. The van der Waals surface area contributed by atoms with Crippen molar-refractivity contribution in [2.45, 2.75) is 13.0 Å². The predicted molar refractivity (Wildman–Crippen MR) is 109 cm³/mol. The van der Waals surface area contributed by atoms with Gasteiger partial charge in [0, 0.05) is 23.4 Å². The van der Waals surface area contributed by atoms with E-state index in [0.717, 1.165) is 33.9 Å². The molecule has 1 unspecified atom stereocenters. The summed E-state index contributed by atoms with van der Waals surface area (Å²) in [6, 6.07) is 17.3. The highest BCUT2D eigenvalue weighted by molar-refractivity contribution is 5.98. The summed E-state index contributed by atoms with van der Waals surface area (Å²) < 4.78 is 12.7. The molecule has 3 heterocycles. The number of amides is 1. The van der Waals surface area contributed by atoms with Gasteiger partial charge in [0.25, 0.3) is 5.91 Å². The zero-order chi connectivity index (χ0) is 20.0. The van der Waals surface area contributed by atoms with Crippen molar-refractivity contribution in [2.75, 3.05) is 12.4 Å². The molecule has 0 fully saturated rings. The summed E-state index contributed by atoms with van der Waals surface area (Å²) in [5.74, 6) is 1.30. The van der Waals surface area contributed by atoms with E-state index in [0.29, 0.717) is 11.4 Å². The Morgan fingerprint density at radius 2 is 1.86 bits per heavy atom. The zero-order valence-electron chi connectivity index (χ0n) is 15.9. The summed E-state index contributed by atoms with van der Waals surface area (Å²) in [6.45, 7) is 1.73. The quantitative estimate of drug-likeness (QED) is 0.580. The highest BCUT2D eigenvalue weighted by atomic mass is 16.5. The lowest BCUT2D eigenvalue weighted by atomic mass is 10.1. The molecule has 1 aliphatic rings. The van der Waals surface area contributed by atoms with E-state index in [1.807, 2.05) is 54.6 Å². The van der Waals surface area contributed by atoms with Crippen LogP contribution < -0.4 is 14.8 Å². The second-order valence-electron chi connectivity index (χ2n) is 6.82.